The van der Waals surface area contributed by atoms with Crippen LogP contribution in [-0.4, -0.2) is 4.98 Å². The van der Waals surface area contributed by atoms with Gasteiger partial charge in [-0.25, -0.2) is 0 Å². The lowest BCUT2D eigenvalue weighted by atomic mass is 10.1. The van der Waals surface area contributed by atoms with Crippen LogP contribution in [0.4, 0.5) is 13.2 Å². The Morgan fingerprint density at radius 1 is 0.889 bits per heavy atom. The van der Waals surface area contributed by atoms with E-state index in [1.54, 1.807) is 24.3 Å². The van der Waals surface area contributed by atoms with Crippen LogP contribution in [0.2, 0.25) is 10.0 Å². The summed E-state index contributed by atoms with van der Waals surface area (Å²) in [7, 11) is 0. The van der Waals surface area contributed by atoms with E-state index in [4.69, 9.17) is 27.9 Å². The first-order valence-electron chi connectivity index (χ1n) is 7.99. The minimum absolute atomic E-state index is 0.00658. The van der Waals surface area contributed by atoms with Gasteiger partial charge >= 0.3 is 6.18 Å². The number of benzene rings is 2. The molecule has 2 aromatic carbocycles. The Labute approximate surface area is 164 Å². The Bertz CT molecular complexity index is 910. The number of halogens is 5. The monoisotopic (exact) mass is 411 g/mol. The van der Waals surface area contributed by atoms with Crippen LogP contribution in [0.5, 0.6) is 5.75 Å². The summed E-state index contributed by atoms with van der Waals surface area (Å²) in [5.41, 5.74) is 1.38. The number of alkyl halides is 3. The molecule has 7 heteroatoms. The smallest absolute Gasteiger partial charge is 0.417 e. The van der Waals surface area contributed by atoms with Crippen molar-refractivity contribution in [3.05, 3.63) is 93.2 Å². The lowest BCUT2D eigenvalue weighted by Gasteiger charge is -2.10. The highest BCUT2D eigenvalue weighted by Gasteiger charge is 2.31. The van der Waals surface area contributed by atoms with Crippen molar-refractivity contribution in [1.29, 1.82) is 0 Å². The molecule has 0 aliphatic rings. The Hall–Kier alpha value is -2.24. The van der Waals surface area contributed by atoms with Crippen LogP contribution in [0.3, 0.4) is 0 Å². The molecule has 0 spiro atoms. The van der Waals surface area contributed by atoms with E-state index in [0.29, 0.717) is 29.5 Å². The van der Waals surface area contributed by atoms with Crippen LogP contribution in [0.15, 0.2) is 60.8 Å². The minimum atomic E-state index is -4.46. The third kappa shape index (κ3) is 5.37. The number of nitrogens with zero attached hydrogens (tertiary/aromatic N) is 1. The number of hydrogen-bond donors (Lipinski definition) is 0. The Balaban J connectivity index is 1.63. The zero-order valence-corrected chi connectivity index (χ0v) is 15.4. The van der Waals surface area contributed by atoms with E-state index in [1.165, 1.54) is 0 Å². The lowest BCUT2D eigenvalue weighted by Crippen LogP contribution is -2.06. The summed E-state index contributed by atoms with van der Waals surface area (Å²) in [5, 5.41) is 0.659. The molecule has 0 amide bonds. The zero-order chi connectivity index (χ0) is 19.4. The van der Waals surface area contributed by atoms with Gasteiger partial charge in [0.25, 0.3) is 0 Å². The normalized spacial score (nSPS) is 11.4. The first-order chi connectivity index (χ1) is 12.8. The number of aromatic nitrogens is 1. The summed E-state index contributed by atoms with van der Waals surface area (Å²) in [6.07, 6.45) is -3.34. The molecular weight excluding hydrogens is 398 g/mol. The van der Waals surface area contributed by atoms with Crippen molar-refractivity contribution < 1.29 is 17.9 Å². The van der Waals surface area contributed by atoms with E-state index >= 15 is 0 Å². The lowest BCUT2D eigenvalue weighted by molar-refractivity contribution is -0.137. The predicted octanol–water partition coefficient (Wildman–Crippen LogP) is 6.58. The molecule has 0 bridgehead atoms. The molecule has 1 heterocycles. The van der Waals surface area contributed by atoms with Gasteiger partial charge in [0.1, 0.15) is 12.4 Å². The van der Waals surface area contributed by atoms with Crippen molar-refractivity contribution in [2.24, 2.45) is 0 Å². The predicted molar refractivity (Wildman–Crippen MR) is 99.3 cm³/mol. The third-order valence-electron chi connectivity index (χ3n) is 3.86. The first-order valence-corrected chi connectivity index (χ1v) is 8.74. The Kier molecular flexibility index (Phi) is 5.92. The maximum atomic E-state index is 12.7. The van der Waals surface area contributed by atoms with E-state index < -0.39 is 11.7 Å². The second kappa shape index (κ2) is 8.19. The molecule has 0 aliphatic carbocycles. The molecule has 3 aromatic rings. The average Bonchev–Trinajstić information content (AvgIpc) is 2.63. The van der Waals surface area contributed by atoms with Gasteiger partial charge in [0.2, 0.25) is 0 Å². The fraction of sp³-hybridized carbons (Fsp3) is 0.150. The molecule has 0 unspecified atom stereocenters. The fourth-order valence-electron chi connectivity index (χ4n) is 2.40. The number of ether oxygens (including phenoxy) is 1. The van der Waals surface area contributed by atoms with Crippen LogP contribution >= 0.6 is 23.2 Å². The van der Waals surface area contributed by atoms with Crippen molar-refractivity contribution >= 4 is 23.2 Å². The second-order valence-electron chi connectivity index (χ2n) is 5.89. The van der Waals surface area contributed by atoms with Crippen molar-refractivity contribution in [2.75, 3.05) is 0 Å². The van der Waals surface area contributed by atoms with Gasteiger partial charge in [-0.3, -0.25) is 4.98 Å². The molecule has 27 heavy (non-hydrogen) atoms. The molecule has 3 rings (SSSR count). The summed E-state index contributed by atoms with van der Waals surface area (Å²) in [5.74, 6) is 0.681. The summed E-state index contributed by atoms with van der Waals surface area (Å²) in [4.78, 5) is 3.85. The van der Waals surface area contributed by atoms with Gasteiger partial charge in [0.05, 0.1) is 16.3 Å². The standard InChI is InChI=1S/C20H14Cl2F3NO/c21-16-5-1-14(2-6-16)12-27-17-7-3-13(4-8-17)9-19-18(22)10-15(11-26-19)20(23,24)25/h1-8,10-11H,9,12H2. The van der Waals surface area contributed by atoms with Gasteiger partial charge in [0, 0.05) is 17.6 Å². The summed E-state index contributed by atoms with van der Waals surface area (Å²) < 4.78 is 43.7. The van der Waals surface area contributed by atoms with E-state index in [9.17, 15) is 13.2 Å². The van der Waals surface area contributed by atoms with Crippen molar-refractivity contribution in [3.8, 4) is 5.75 Å². The van der Waals surface area contributed by atoms with Crippen molar-refractivity contribution in [1.82, 2.24) is 4.98 Å². The molecule has 2 nitrogen and oxygen atoms in total. The fourth-order valence-corrected chi connectivity index (χ4v) is 2.75. The highest BCUT2D eigenvalue weighted by molar-refractivity contribution is 6.31. The molecule has 0 fully saturated rings. The molecule has 0 atom stereocenters. The van der Waals surface area contributed by atoms with Crippen molar-refractivity contribution in [3.63, 3.8) is 0 Å². The largest absolute Gasteiger partial charge is 0.489 e. The van der Waals surface area contributed by atoms with Crippen LogP contribution in [-0.2, 0) is 19.2 Å². The second-order valence-corrected chi connectivity index (χ2v) is 6.73. The quantitative estimate of drug-likeness (QED) is 0.473. The third-order valence-corrected chi connectivity index (χ3v) is 4.44. The number of pyridine rings is 1. The van der Waals surface area contributed by atoms with Crippen LogP contribution in [0, 0.1) is 0 Å². The van der Waals surface area contributed by atoms with Crippen LogP contribution < -0.4 is 4.74 Å². The van der Waals surface area contributed by atoms with Crippen molar-refractivity contribution in [2.45, 2.75) is 19.2 Å². The Morgan fingerprint density at radius 2 is 1.52 bits per heavy atom. The summed E-state index contributed by atoms with van der Waals surface area (Å²) >= 11 is 11.8. The van der Waals surface area contributed by atoms with E-state index in [2.05, 4.69) is 4.98 Å². The average molecular weight is 412 g/mol. The van der Waals surface area contributed by atoms with Gasteiger partial charge in [0.15, 0.2) is 0 Å². The van der Waals surface area contributed by atoms with E-state index in [1.807, 2.05) is 24.3 Å². The van der Waals surface area contributed by atoms with E-state index in [-0.39, 0.29) is 5.02 Å². The molecule has 0 aliphatic heterocycles. The molecule has 0 radical (unpaired) electrons. The SMILES string of the molecule is FC(F)(F)c1cnc(Cc2ccc(OCc3ccc(Cl)cc3)cc2)c(Cl)c1. The van der Waals surface area contributed by atoms with Gasteiger partial charge in [-0.15, -0.1) is 0 Å². The number of rotatable bonds is 5. The Morgan fingerprint density at radius 3 is 2.11 bits per heavy atom. The van der Waals surface area contributed by atoms with Gasteiger partial charge < -0.3 is 4.74 Å². The van der Waals surface area contributed by atoms with E-state index in [0.717, 1.165) is 23.4 Å². The minimum Gasteiger partial charge on any atom is -0.489 e. The molecule has 0 saturated heterocycles. The summed E-state index contributed by atoms with van der Waals surface area (Å²) in [6, 6.07) is 15.5. The van der Waals surface area contributed by atoms with Crippen LogP contribution in [0.1, 0.15) is 22.4 Å². The molecule has 140 valence electrons. The van der Waals surface area contributed by atoms with Crippen LogP contribution in [0.25, 0.3) is 0 Å². The number of hydrogen-bond acceptors (Lipinski definition) is 2. The molecular formula is C20H14Cl2F3NO. The molecule has 0 saturated carbocycles. The van der Waals surface area contributed by atoms with Gasteiger partial charge in [-0.05, 0) is 41.5 Å². The topological polar surface area (TPSA) is 22.1 Å². The highest BCUT2D eigenvalue weighted by Crippen LogP contribution is 2.31. The zero-order valence-electron chi connectivity index (χ0n) is 13.9. The maximum absolute atomic E-state index is 12.7. The maximum Gasteiger partial charge on any atom is 0.417 e. The highest BCUT2D eigenvalue weighted by atomic mass is 35.5. The summed E-state index contributed by atoms with van der Waals surface area (Å²) in [6.45, 7) is 0.406. The van der Waals surface area contributed by atoms with Gasteiger partial charge in [-0.1, -0.05) is 47.5 Å². The van der Waals surface area contributed by atoms with Gasteiger partial charge in [-0.2, -0.15) is 13.2 Å². The first kappa shape index (κ1) is 19.5. The molecule has 1 aromatic heterocycles. The molecule has 0 N–H and O–H groups in total.